The molecule has 3 rings (SSSR count). The zero-order chi connectivity index (χ0) is 22.4. The van der Waals surface area contributed by atoms with Crippen molar-refractivity contribution >= 4 is 46.5 Å². The van der Waals surface area contributed by atoms with Crippen molar-refractivity contribution in [3.63, 3.8) is 0 Å². The van der Waals surface area contributed by atoms with E-state index in [0.29, 0.717) is 11.3 Å². The first-order valence-electron chi connectivity index (χ1n) is 9.00. The third-order valence-corrected chi connectivity index (χ3v) is 4.98. The highest BCUT2D eigenvalue weighted by molar-refractivity contribution is 8.18. The second-order valence-electron chi connectivity index (χ2n) is 6.27. The number of benzene rings is 2. The van der Waals surface area contributed by atoms with E-state index in [-0.39, 0.29) is 16.4 Å². The molecule has 2 aromatic rings. The van der Waals surface area contributed by atoms with Crippen LogP contribution in [0, 0.1) is 0 Å². The van der Waals surface area contributed by atoms with Crippen LogP contribution < -0.4 is 14.8 Å². The highest BCUT2D eigenvalue weighted by atomic mass is 32.2. The molecule has 1 saturated heterocycles. The average Bonchev–Trinajstić information content (AvgIpc) is 3.00. The van der Waals surface area contributed by atoms with Crippen molar-refractivity contribution in [2.75, 3.05) is 25.6 Å². The molecule has 160 valence electrons. The molecule has 10 heteroatoms. The summed E-state index contributed by atoms with van der Waals surface area (Å²) in [6.45, 7) is -0.929. The minimum atomic E-state index is -1.13. The fourth-order valence-corrected chi connectivity index (χ4v) is 3.52. The number of thioether (sulfide) groups is 1. The van der Waals surface area contributed by atoms with E-state index in [9.17, 15) is 19.2 Å². The number of amides is 3. The summed E-state index contributed by atoms with van der Waals surface area (Å²) in [4.78, 5) is 48.8. The van der Waals surface area contributed by atoms with Crippen molar-refractivity contribution in [3.05, 3.63) is 59.0 Å². The van der Waals surface area contributed by atoms with Crippen LogP contribution >= 0.6 is 11.8 Å². The maximum absolute atomic E-state index is 12.6. The number of anilines is 1. The number of rotatable bonds is 8. The van der Waals surface area contributed by atoms with Gasteiger partial charge in [-0.25, -0.2) is 4.79 Å². The van der Waals surface area contributed by atoms with Gasteiger partial charge in [-0.3, -0.25) is 19.3 Å². The van der Waals surface area contributed by atoms with Gasteiger partial charge in [0.15, 0.2) is 18.1 Å². The lowest BCUT2D eigenvalue weighted by Crippen LogP contribution is -2.36. The van der Waals surface area contributed by atoms with Crippen LogP contribution in [0.2, 0.25) is 0 Å². The molecule has 0 saturated carbocycles. The number of ether oxygens (including phenoxy) is 2. The van der Waals surface area contributed by atoms with Crippen molar-refractivity contribution in [1.29, 1.82) is 0 Å². The molecule has 0 unspecified atom stereocenters. The van der Waals surface area contributed by atoms with E-state index >= 15 is 0 Å². The molecular formula is C21H18N2O7S. The van der Waals surface area contributed by atoms with E-state index in [1.807, 2.05) is 0 Å². The van der Waals surface area contributed by atoms with Crippen molar-refractivity contribution < 1.29 is 33.8 Å². The zero-order valence-corrected chi connectivity index (χ0v) is 17.2. The second-order valence-corrected chi connectivity index (χ2v) is 7.27. The first-order valence-corrected chi connectivity index (χ1v) is 9.82. The Morgan fingerprint density at radius 1 is 1.13 bits per heavy atom. The summed E-state index contributed by atoms with van der Waals surface area (Å²) in [6, 6.07) is 13.4. The Balaban J connectivity index is 1.70. The lowest BCUT2D eigenvalue weighted by Gasteiger charge is -2.12. The monoisotopic (exact) mass is 442 g/mol. The molecule has 0 atom stereocenters. The summed E-state index contributed by atoms with van der Waals surface area (Å²) < 4.78 is 10.3. The lowest BCUT2D eigenvalue weighted by molar-refractivity contribution is -0.139. The van der Waals surface area contributed by atoms with Gasteiger partial charge >= 0.3 is 5.97 Å². The van der Waals surface area contributed by atoms with Crippen LogP contribution in [0.15, 0.2) is 53.4 Å². The summed E-state index contributed by atoms with van der Waals surface area (Å²) in [7, 11) is 1.39. The summed E-state index contributed by atoms with van der Waals surface area (Å²) in [5, 5.41) is 10.8. The number of methoxy groups -OCH3 is 1. The van der Waals surface area contributed by atoms with Gasteiger partial charge in [-0.15, -0.1) is 0 Å². The van der Waals surface area contributed by atoms with Gasteiger partial charge in [0.1, 0.15) is 6.54 Å². The molecule has 0 bridgehead atoms. The molecule has 2 N–H and O–H groups in total. The third kappa shape index (κ3) is 5.64. The maximum atomic E-state index is 12.6. The molecular weight excluding hydrogens is 424 g/mol. The Hall–Kier alpha value is -3.79. The molecule has 9 nitrogen and oxygen atoms in total. The van der Waals surface area contributed by atoms with Gasteiger partial charge in [-0.2, -0.15) is 0 Å². The number of aliphatic carboxylic acids is 1. The van der Waals surface area contributed by atoms with Crippen molar-refractivity contribution in [2.24, 2.45) is 0 Å². The summed E-state index contributed by atoms with van der Waals surface area (Å²) in [5.74, 6) is -1.69. The molecule has 31 heavy (non-hydrogen) atoms. The number of carbonyl (C=O) groups is 4. The number of nitrogens with one attached hydrogen (secondary N) is 1. The number of hydrogen-bond donors (Lipinski definition) is 2. The average molecular weight is 442 g/mol. The summed E-state index contributed by atoms with van der Waals surface area (Å²) >= 11 is 0.726. The van der Waals surface area contributed by atoms with Gasteiger partial charge in [0.05, 0.1) is 12.0 Å². The molecule has 1 fully saturated rings. The predicted octanol–water partition coefficient (Wildman–Crippen LogP) is 2.83. The van der Waals surface area contributed by atoms with Gasteiger partial charge in [-0.1, -0.05) is 24.3 Å². The highest BCUT2D eigenvalue weighted by Gasteiger charge is 2.36. The summed E-state index contributed by atoms with van der Waals surface area (Å²) in [6.07, 6.45) is 1.49. The molecule has 2 aromatic carbocycles. The van der Waals surface area contributed by atoms with Crippen LogP contribution in [0.25, 0.3) is 6.08 Å². The van der Waals surface area contributed by atoms with E-state index < -0.39 is 36.2 Å². The molecule has 3 amide bonds. The molecule has 0 spiro atoms. The SMILES string of the molecule is COc1cc(/C=C2\SC(=O)N(CC(=O)Nc3ccccc3)C2=O)ccc1OCC(=O)O. The fourth-order valence-electron chi connectivity index (χ4n) is 2.69. The standard InChI is InChI=1S/C21H18N2O7S/c1-29-16-9-13(7-8-15(16)30-12-19(25)26)10-17-20(27)23(21(28)31-17)11-18(24)22-14-5-3-2-4-6-14/h2-10H,11-12H2,1H3,(H,22,24)(H,25,26)/b17-10-. The normalized spacial score (nSPS) is 14.6. The first-order chi connectivity index (χ1) is 14.9. The molecule has 1 aliphatic heterocycles. The van der Waals surface area contributed by atoms with Crippen LogP contribution in [0.1, 0.15) is 5.56 Å². The predicted molar refractivity (Wildman–Crippen MR) is 114 cm³/mol. The van der Waals surface area contributed by atoms with Crippen molar-refractivity contribution in [1.82, 2.24) is 4.90 Å². The van der Waals surface area contributed by atoms with Crippen LogP contribution in [-0.2, 0) is 14.4 Å². The van der Waals surface area contributed by atoms with Crippen LogP contribution in [0.4, 0.5) is 10.5 Å². The number of imide groups is 1. The van der Waals surface area contributed by atoms with Crippen LogP contribution in [-0.4, -0.2) is 53.3 Å². The molecule has 0 radical (unpaired) electrons. The Labute approximate surface area is 181 Å². The molecule has 0 aromatic heterocycles. The zero-order valence-electron chi connectivity index (χ0n) is 16.4. The lowest BCUT2D eigenvalue weighted by atomic mass is 10.2. The quantitative estimate of drug-likeness (QED) is 0.599. The Morgan fingerprint density at radius 3 is 2.55 bits per heavy atom. The third-order valence-electron chi connectivity index (χ3n) is 4.07. The van der Waals surface area contributed by atoms with E-state index in [4.69, 9.17) is 14.6 Å². The Morgan fingerprint density at radius 2 is 1.87 bits per heavy atom. The number of carboxylic acids is 1. The first kappa shape index (κ1) is 21.9. The van der Waals surface area contributed by atoms with Gasteiger partial charge < -0.3 is 19.9 Å². The number of carboxylic acid groups (broad SMARTS) is 1. The Kier molecular flexibility index (Phi) is 6.93. The fraction of sp³-hybridized carbons (Fsp3) is 0.143. The number of nitrogens with zero attached hydrogens (tertiary/aromatic N) is 1. The van der Waals surface area contributed by atoms with Crippen molar-refractivity contribution in [2.45, 2.75) is 0 Å². The van der Waals surface area contributed by atoms with E-state index in [1.165, 1.54) is 19.3 Å². The van der Waals surface area contributed by atoms with Gasteiger partial charge in [0, 0.05) is 5.69 Å². The van der Waals surface area contributed by atoms with E-state index in [1.54, 1.807) is 42.5 Å². The minimum Gasteiger partial charge on any atom is -0.493 e. The van der Waals surface area contributed by atoms with E-state index in [2.05, 4.69) is 5.32 Å². The second kappa shape index (κ2) is 9.81. The minimum absolute atomic E-state index is 0.152. The van der Waals surface area contributed by atoms with Crippen LogP contribution in [0.3, 0.4) is 0 Å². The number of carbonyl (C=O) groups excluding carboxylic acids is 3. The largest absolute Gasteiger partial charge is 0.493 e. The van der Waals surface area contributed by atoms with E-state index in [0.717, 1.165) is 16.7 Å². The van der Waals surface area contributed by atoms with Crippen molar-refractivity contribution in [3.8, 4) is 11.5 Å². The van der Waals surface area contributed by atoms with Gasteiger partial charge in [-0.05, 0) is 47.7 Å². The number of hydrogen-bond acceptors (Lipinski definition) is 7. The Bertz CT molecular complexity index is 1050. The number of para-hydroxylation sites is 1. The summed E-state index contributed by atoms with van der Waals surface area (Å²) in [5.41, 5.74) is 1.10. The topological polar surface area (TPSA) is 122 Å². The highest BCUT2D eigenvalue weighted by Crippen LogP contribution is 2.34. The molecule has 1 heterocycles. The van der Waals surface area contributed by atoms with Gasteiger partial charge in [0.25, 0.3) is 11.1 Å². The molecule has 1 aliphatic rings. The molecule has 0 aliphatic carbocycles. The van der Waals surface area contributed by atoms with Crippen LogP contribution in [0.5, 0.6) is 11.5 Å². The smallest absolute Gasteiger partial charge is 0.341 e. The maximum Gasteiger partial charge on any atom is 0.341 e. The van der Waals surface area contributed by atoms with Gasteiger partial charge in [0.2, 0.25) is 5.91 Å².